The van der Waals surface area contributed by atoms with Crippen molar-refractivity contribution >= 4 is 17.7 Å². The third-order valence-electron chi connectivity index (χ3n) is 3.93. The Bertz CT molecular complexity index is 879. The zero-order chi connectivity index (χ0) is 16.0. The van der Waals surface area contributed by atoms with Gasteiger partial charge in [0.1, 0.15) is 17.3 Å². The number of fused-ring (bicyclic) bond motifs is 2. The van der Waals surface area contributed by atoms with E-state index in [2.05, 4.69) is 0 Å². The van der Waals surface area contributed by atoms with E-state index in [4.69, 9.17) is 14.6 Å². The van der Waals surface area contributed by atoms with Gasteiger partial charge in [-0.05, 0) is 42.5 Å². The zero-order valence-electron chi connectivity index (χ0n) is 12.0. The lowest BCUT2D eigenvalue weighted by Crippen LogP contribution is -2.06. The van der Waals surface area contributed by atoms with Crippen LogP contribution in [-0.4, -0.2) is 17.0 Å². The molecular weight excluding hydrogens is 296 g/mol. The third kappa shape index (κ3) is 2.36. The van der Waals surface area contributed by atoms with Gasteiger partial charge in [0.15, 0.2) is 0 Å². The highest BCUT2D eigenvalue weighted by molar-refractivity contribution is 5.88. The Labute approximate surface area is 131 Å². The van der Waals surface area contributed by atoms with Crippen molar-refractivity contribution in [3.63, 3.8) is 0 Å². The van der Waals surface area contributed by atoms with Gasteiger partial charge >= 0.3 is 11.9 Å². The first-order valence-electron chi connectivity index (χ1n) is 7.18. The maximum absolute atomic E-state index is 11.2. The number of hydrogen-bond acceptors (Lipinski definition) is 4. The second-order valence-corrected chi connectivity index (χ2v) is 5.48. The molecule has 2 aliphatic rings. The fourth-order valence-corrected chi connectivity index (χ4v) is 2.80. The van der Waals surface area contributed by atoms with Crippen LogP contribution in [0.4, 0.5) is 0 Å². The van der Waals surface area contributed by atoms with Crippen molar-refractivity contribution in [2.75, 3.05) is 0 Å². The SMILES string of the molecule is O=C1CC=C(c2ccc3c(c2)Cc2cc(C(=O)O)ccc2O3)O1. The molecule has 0 fully saturated rings. The second-order valence-electron chi connectivity index (χ2n) is 5.48. The maximum atomic E-state index is 11.2. The molecule has 0 bridgehead atoms. The van der Waals surface area contributed by atoms with Crippen LogP contribution < -0.4 is 4.74 Å². The predicted octanol–water partition coefficient (Wildman–Crippen LogP) is 3.37. The van der Waals surface area contributed by atoms with Crippen LogP contribution in [-0.2, 0) is 16.0 Å². The fraction of sp³-hybridized carbons (Fsp3) is 0.111. The summed E-state index contributed by atoms with van der Waals surface area (Å²) >= 11 is 0. The molecule has 0 spiro atoms. The molecule has 2 aromatic carbocycles. The van der Waals surface area contributed by atoms with Gasteiger partial charge in [-0.2, -0.15) is 0 Å². The van der Waals surface area contributed by atoms with Crippen molar-refractivity contribution in [3.8, 4) is 11.5 Å². The van der Waals surface area contributed by atoms with Crippen LogP contribution in [0, 0.1) is 0 Å². The van der Waals surface area contributed by atoms with Crippen molar-refractivity contribution in [1.29, 1.82) is 0 Å². The third-order valence-corrected chi connectivity index (χ3v) is 3.93. The van der Waals surface area contributed by atoms with Crippen LogP contribution in [0.2, 0.25) is 0 Å². The normalized spacial score (nSPS) is 15.1. The maximum Gasteiger partial charge on any atom is 0.335 e. The van der Waals surface area contributed by atoms with E-state index in [1.165, 1.54) is 6.07 Å². The van der Waals surface area contributed by atoms with Gasteiger partial charge in [-0.25, -0.2) is 4.79 Å². The van der Waals surface area contributed by atoms with Gasteiger partial charge in [0, 0.05) is 23.1 Å². The summed E-state index contributed by atoms with van der Waals surface area (Å²) < 4.78 is 11.0. The van der Waals surface area contributed by atoms with Crippen LogP contribution in [0.25, 0.3) is 5.76 Å². The molecule has 0 radical (unpaired) electrons. The highest BCUT2D eigenvalue weighted by Crippen LogP contribution is 2.38. The molecule has 5 heteroatoms. The van der Waals surface area contributed by atoms with Crippen molar-refractivity contribution < 1.29 is 24.2 Å². The Kier molecular flexibility index (Phi) is 2.94. The van der Waals surface area contributed by atoms with E-state index in [0.717, 1.165) is 22.4 Å². The van der Waals surface area contributed by atoms with E-state index in [-0.39, 0.29) is 18.0 Å². The van der Waals surface area contributed by atoms with E-state index >= 15 is 0 Å². The van der Waals surface area contributed by atoms with Gasteiger partial charge < -0.3 is 14.6 Å². The Hall–Kier alpha value is -3.08. The van der Waals surface area contributed by atoms with E-state index in [1.807, 2.05) is 18.2 Å². The molecule has 23 heavy (non-hydrogen) atoms. The van der Waals surface area contributed by atoms with Crippen molar-refractivity contribution in [2.45, 2.75) is 12.8 Å². The summed E-state index contributed by atoms with van der Waals surface area (Å²) in [5, 5.41) is 9.10. The summed E-state index contributed by atoms with van der Waals surface area (Å²) in [6.45, 7) is 0. The zero-order valence-corrected chi connectivity index (χ0v) is 12.0. The molecule has 0 unspecified atom stereocenters. The number of carbonyl (C=O) groups is 2. The quantitative estimate of drug-likeness (QED) is 0.735. The molecule has 4 rings (SSSR count). The fourth-order valence-electron chi connectivity index (χ4n) is 2.80. The summed E-state index contributed by atoms with van der Waals surface area (Å²) in [4.78, 5) is 22.3. The number of benzene rings is 2. The summed E-state index contributed by atoms with van der Waals surface area (Å²) in [6, 6.07) is 10.4. The monoisotopic (exact) mass is 308 g/mol. The average Bonchev–Trinajstić information content (AvgIpc) is 2.98. The Morgan fingerprint density at radius 1 is 1.00 bits per heavy atom. The topological polar surface area (TPSA) is 72.8 Å². The van der Waals surface area contributed by atoms with Gasteiger partial charge in [0.05, 0.1) is 12.0 Å². The highest BCUT2D eigenvalue weighted by atomic mass is 16.5. The number of ether oxygens (including phenoxy) is 2. The lowest BCUT2D eigenvalue weighted by Gasteiger charge is -2.21. The van der Waals surface area contributed by atoms with Gasteiger partial charge in [-0.15, -0.1) is 0 Å². The molecule has 0 atom stereocenters. The summed E-state index contributed by atoms with van der Waals surface area (Å²) in [6.07, 6.45) is 2.61. The number of rotatable bonds is 2. The van der Waals surface area contributed by atoms with E-state index in [9.17, 15) is 9.59 Å². The van der Waals surface area contributed by atoms with Crippen molar-refractivity contribution in [2.24, 2.45) is 0 Å². The van der Waals surface area contributed by atoms with Crippen LogP contribution in [0.3, 0.4) is 0 Å². The summed E-state index contributed by atoms with van der Waals surface area (Å²) in [5.41, 5.74) is 2.81. The molecule has 0 saturated carbocycles. The van der Waals surface area contributed by atoms with Crippen LogP contribution in [0.5, 0.6) is 11.5 Å². The molecule has 0 amide bonds. The summed E-state index contributed by atoms with van der Waals surface area (Å²) in [5.74, 6) is 0.736. The number of cyclic esters (lactones) is 1. The largest absolute Gasteiger partial charge is 0.478 e. The van der Waals surface area contributed by atoms with Gasteiger partial charge in [0.2, 0.25) is 0 Å². The second kappa shape index (κ2) is 4.98. The number of esters is 1. The molecule has 2 aromatic rings. The standard InChI is InChI=1S/C18H12O5/c19-17-6-5-14(23-17)10-1-3-15-12(7-10)9-13-8-11(18(20)21)2-4-16(13)22-15/h1-5,7-8H,6,9H2,(H,20,21). The van der Waals surface area contributed by atoms with E-state index in [0.29, 0.717) is 17.9 Å². The van der Waals surface area contributed by atoms with Gasteiger partial charge in [-0.1, -0.05) is 0 Å². The average molecular weight is 308 g/mol. The molecule has 2 heterocycles. The Balaban J connectivity index is 1.69. The molecule has 0 aliphatic carbocycles. The molecule has 2 aliphatic heterocycles. The number of carbonyl (C=O) groups excluding carboxylic acids is 1. The van der Waals surface area contributed by atoms with Gasteiger partial charge in [0.25, 0.3) is 0 Å². The minimum Gasteiger partial charge on any atom is -0.478 e. The van der Waals surface area contributed by atoms with Gasteiger partial charge in [-0.3, -0.25) is 4.79 Å². The lowest BCUT2D eigenvalue weighted by molar-refractivity contribution is -0.134. The lowest BCUT2D eigenvalue weighted by atomic mass is 9.96. The summed E-state index contributed by atoms with van der Waals surface area (Å²) in [7, 11) is 0. The van der Waals surface area contributed by atoms with Crippen molar-refractivity contribution in [3.05, 3.63) is 64.7 Å². The molecule has 0 aromatic heterocycles. The molecule has 5 nitrogen and oxygen atoms in total. The molecule has 1 N–H and O–H groups in total. The first-order chi connectivity index (χ1) is 11.1. The van der Waals surface area contributed by atoms with E-state index < -0.39 is 5.97 Å². The van der Waals surface area contributed by atoms with Crippen LogP contribution >= 0.6 is 0 Å². The predicted molar refractivity (Wildman–Crippen MR) is 81.4 cm³/mol. The van der Waals surface area contributed by atoms with Crippen molar-refractivity contribution in [1.82, 2.24) is 0 Å². The minimum atomic E-state index is -0.963. The molecule has 0 saturated heterocycles. The number of hydrogen-bond donors (Lipinski definition) is 1. The first-order valence-corrected chi connectivity index (χ1v) is 7.18. The number of carboxylic acids is 1. The number of carboxylic acid groups (broad SMARTS) is 1. The molecular formula is C18H12O5. The first kappa shape index (κ1) is 13.6. The smallest absolute Gasteiger partial charge is 0.335 e. The highest BCUT2D eigenvalue weighted by Gasteiger charge is 2.21. The molecule has 114 valence electrons. The Morgan fingerprint density at radius 3 is 2.43 bits per heavy atom. The Morgan fingerprint density at radius 2 is 1.74 bits per heavy atom. The van der Waals surface area contributed by atoms with Crippen LogP contribution in [0.1, 0.15) is 33.5 Å². The number of aromatic carboxylic acids is 1. The van der Waals surface area contributed by atoms with Crippen LogP contribution in [0.15, 0.2) is 42.5 Å². The van der Waals surface area contributed by atoms with E-state index in [1.54, 1.807) is 18.2 Å². The minimum absolute atomic E-state index is 0.236.